The monoisotopic (exact) mass is 422 g/mol. The molecule has 4 aromatic rings. The van der Waals surface area contributed by atoms with E-state index in [1.54, 1.807) is 36.0 Å². The second-order valence-corrected chi connectivity index (χ2v) is 7.87. The van der Waals surface area contributed by atoms with E-state index in [1.165, 1.54) is 11.8 Å². The van der Waals surface area contributed by atoms with E-state index in [0.29, 0.717) is 12.3 Å². The van der Waals surface area contributed by atoms with Crippen LogP contribution in [0.2, 0.25) is 0 Å². The number of ether oxygens (including phenoxy) is 1. The van der Waals surface area contributed by atoms with Gasteiger partial charge in [-0.3, -0.25) is 4.79 Å². The Balaban J connectivity index is 1.54. The highest BCUT2D eigenvalue weighted by Crippen LogP contribution is 2.29. The summed E-state index contributed by atoms with van der Waals surface area (Å²) in [6.45, 7) is 2.39. The molecule has 1 aromatic carbocycles. The van der Waals surface area contributed by atoms with Crippen molar-refractivity contribution in [3.63, 3.8) is 0 Å². The van der Waals surface area contributed by atoms with E-state index < -0.39 is 0 Å². The predicted octanol–water partition coefficient (Wildman–Crippen LogP) is 4.06. The molecule has 7 nitrogen and oxygen atoms in total. The third-order valence-corrected chi connectivity index (χ3v) is 5.69. The highest BCUT2D eigenvalue weighted by molar-refractivity contribution is 7.99. The molecule has 30 heavy (non-hydrogen) atoms. The molecule has 0 saturated heterocycles. The first-order valence-electron chi connectivity index (χ1n) is 9.44. The number of carbonyl (C=O) groups excluding carboxylic acids is 1. The maximum absolute atomic E-state index is 12.6. The van der Waals surface area contributed by atoms with Crippen LogP contribution in [-0.2, 0) is 11.3 Å². The molecular formula is C22H22N4O3S. The van der Waals surface area contributed by atoms with Gasteiger partial charge in [0.05, 0.1) is 31.9 Å². The molecule has 0 fully saturated rings. The van der Waals surface area contributed by atoms with Crippen LogP contribution in [0.15, 0.2) is 64.4 Å². The predicted molar refractivity (Wildman–Crippen MR) is 116 cm³/mol. The standard InChI is InChI=1S/C22H22N4O3S/c1-15-11-21(30-14-20(27)25(2)13-18-5-4-10-29-18)26-22(24-15)19(12-23-26)16-6-8-17(28-3)9-7-16/h4-12H,13-14H2,1-3H3. The molecule has 154 valence electrons. The molecule has 3 aromatic heterocycles. The quantitative estimate of drug-likeness (QED) is 0.330. The van der Waals surface area contributed by atoms with E-state index in [9.17, 15) is 4.79 Å². The van der Waals surface area contributed by atoms with Gasteiger partial charge in [-0.1, -0.05) is 23.9 Å². The number of hydrogen-bond donors (Lipinski definition) is 0. The van der Waals surface area contributed by atoms with Crippen molar-refractivity contribution in [2.24, 2.45) is 0 Å². The lowest BCUT2D eigenvalue weighted by atomic mass is 10.1. The van der Waals surface area contributed by atoms with Crippen LogP contribution < -0.4 is 4.74 Å². The Morgan fingerprint density at radius 1 is 1.27 bits per heavy atom. The van der Waals surface area contributed by atoms with Crippen molar-refractivity contribution in [2.75, 3.05) is 19.9 Å². The van der Waals surface area contributed by atoms with Gasteiger partial charge in [0, 0.05) is 18.3 Å². The van der Waals surface area contributed by atoms with Crippen LogP contribution in [-0.4, -0.2) is 45.3 Å². The maximum Gasteiger partial charge on any atom is 0.233 e. The van der Waals surface area contributed by atoms with E-state index >= 15 is 0 Å². The van der Waals surface area contributed by atoms with Gasteiger partial charge in [-0.15, -0.1) is 0 Å². The summed E-state index contributed by atoms with van der Waals surface area (Å²) in [6.07, 6.45) is 3.41. The molecular weight excluding hydrogens is 400 g/mol. The number of fused-ring (bicyclic) bond motifs is 1. The zero-order valence-corrected chi connectivity index (χ0v) is 17.8. The van der Waals surface area contributed by atoms with Crippen LogP contribution in [0.4, 0.5) is 0 Å². The van der Waals surface area contributed by atoms with Gasteiger partial charge in [-0.05, 0) is 42.8 Å². The lowest BCUT2D eigenvalue weighted by Gasteiger charge is -2.15. The van der Waals surface area contributed by atoms with Crippen LogP contribution in [0, 0.1) is 6.92 Å². The van der Waals surface area contributed by atoms with E-state index in [-0.39, 0.29) is 5.91 Å². The molecule has 3 heterocycles. The van der Waals surface area contributed by atoms with Crippen LogP contribution in [0.1, 0.15) is 11.5 Å². The lowest BCUT2D eigenvalue weighted by molar-refractivity contribution is -0.127. The molecule has 0 radical (unpaired) electrons. The van der Waals surface area contributed by atoms with Crippen LogP contribution >= 0.6 is 11.8 Å². The minimum absolute atomic E-state index is 0.0153. The van der Waals surface area contributed by atoms with E-state index in [1.807, 2.05) is 49.4 Å². The molecule has 0 aliphatic carbocycles. The molecule has 0 spiro atoms. The second-order valence-electron chi connectivity index (χ2n) is 6.88. The van der Waals surface area contributed by atoms with Gasteiger partial charge in [0.1, 0.15) is 16.5 Å². The number of furan rings is 1. The zero-order valence-electron chi connectivity index (χ0n) is 17.0. The zero-order chi connectivity index (χ0) is 21.1. The number of benzene rings is 1. The topological polar surface area (TPSA) is 72.9 Å². The van der Waals surface area contributed by atoms with Gasteiger partial charge in [0.15, 0.2) is 5.65 Å². The Morgan fingerprint density at radius 2 is 2.07 bits per heavy atom. The fraction of sp³-hybridized carbons (Fsp3) is 0.227. The third kappa shape index (κ3) is 4.18. The molecule has 0 aliphatic rings. The molecule has 1 amide bonds. The number of methoxy groups -OCH3 is 1. The minimum atomic E-state index is 0.0153. The van der Waals surface area contributed by atoms with Gasteiger partial charge in [-0.25, -0.2) is 9.50 Å². The van der Waals surface area contributed by atoms with Gasteiger partial charge < -0.3 is 14.1 Å². The normalized spacial score (nSPS) is 11.0. The Morgan fingerprint density at radius 3 is 2.77 bits per heavy atom. The van der Waals surface area contributed by atoms with E-state index in [4.69, 9.17) is 9.15 Å². The summed E-state index contributed by atoms with van der Waals surface area (Å²) in [7, 11) is 3.42. The first kappa shape index (κ1) is 20.0. The van der Waals surface area contributed by atoms with Crippen molar-refractivity contribution >= 4 is 23.3 Å². The summed E-state index contributed by atoms with van der Waals surface area (Å²) >= 11 is 1.45. The average molecular weight is 423 g/mol. The molecule has 0 atom stereocenters. The lowest BCUT2D eigenvalue weighted by Crippen LogP contribution is -2.27. The summed E-state index contributed by atoms with van der Waals surface area (Å²) < 4.78 is 12.3. The van der Waals surface area contributed by atoms with Gasteiger partial charge in [0.2, 0.25) is 5.91 Å². The van der Waals surface area contributed by atoms with Gasteiger partial charge >= 0.3 is 0 Å². The fourth-order valence-electron chi connectivity index (χ4n) is 3.10. The average Bonchev–Trinajstić information content (AvgIpc) is 3.41. The first-order chi connectivity index (χ1) is 14.5. The van der Waals surface area contributed by atoms with Crippen LogP contribution in [0.5, 0.6) is 5.75 Å². The molecule has 0 aliphatic heterocycles. The van der Waals surface area contributed by atoms with Crippen molar-refractivity contribution < 1.29 is 13.9 Å². The maximum atomic E-state index is 12.6. The third-order valence-electron chi connectivity index (χ3n) is 4.71. The number of thioether (sulfide) groups is 1. The van der Waals surface area contributed by atoms with Crippen molar-refractivity contribution in [1.82, 2.24) is 19.5 Å². The fourth-order valence-corrected chi connectivity index (χ4v) is 4.10. The summed E-state index contributed by atoms with van der Waals surface area (Å²) in [4.78, 5) is 18.9. The number of hydrogen-bond acceptors (Lipinski definition) is 6. The summed E-state index contributed by atoms with van der Waals surface area (Å²) in [5.74, 6) is 1.87. The highest BCUT2D eigenvalue weighted by Gasteiger charge is 2.16. The first-order valence-corrected chi connectivity index (χ1v) is 10.4. The molecule has 4 rings (SSSR count). The number of nitrogens with zero attached hydrogens (tertiary/aromatic N) is 4. The molecule has 0 N–H and O–H groups in total. The largest absolute Gasteiger partial charge is 0.497 e. The Bertz CT molecular complexity index is 1150. The van der Waals surface area contributed by atoms with Crippen LogP contribution in [0.25, 0.3) is 16.8 Å². The minimum Gasteiger partial charge on any atom is -0.497 e. The number of aromatic nitrogens is 3. The highest BCUT2D eigenvalue weighted by atomic mass is 32.2. The number of amides is 1. The molecule has 0 unspecified atom stereocenters. The van der Waals surface area contributed by atoms with Crippen molar-refractivity contribution in [3.8, 4) is 16.9 Å². The van der Waals surface area contributed by atoms with Gasteiger partial charge in [0.25, 0.3) is 0 Å². The Kier molecular flexibility index (Phi) is 5.76. The van der Waals surface area contributed by atoms with Crippen molar-refractivity contribution in [2.45, 2.75) is 18.5 Å². The summed E-state index contributed by atoms with van der Waals surface area (Å²) in [5.41, 5.74) is 3.58. The van der Waals surface area contributed by atoms with Crippen molar-refractivity contribution in [3.05, 3.63) is 66.4 Å². The second kappa shape index (κ2) is 8.62. The molecule has 0 bridgehead atoms. The van der Waals surface area contributed by atoms with E-state index in [0.717, 1.165) is 39.0 Å². The number of aryl methyl sites for hydroxylation is 1. The Labute approximate surface area is 178 Å². The summed E-state index contributed by atoms with van der Waals surface area (Å²) in [5, 5.41) is 5.40. The Hall–Kier alpha value is -3.26. The van der Waals surface area contributed by atoms with Crippen LogP contribution in [0.3, 0.4) is 0 Å². The van der Waals surface area contributed by atoms with Crippen molar-refractivity contribution in [1.29, 1.82) is 0 Å². The summed E-state index contributed by atoms with van der Waals surface area (Å²) in [6, 6.07) is 13.4. The molecule has 0 saturated carbocycles. The molecule has 8 heteroatoms. The number of carbonyl (C=O) groups is 1. The SMILES string of the molecule is COc1ccc(-c2cnn3c(SCC(=O)N(C)Cc4ccco4)cc(C)nc23)cc1. The van der Waals surface area contributed by atoms with Gasteiger partial charge in [-0.2, -0.15) is 5.10 Å². The number of rotatable bonds is 7. The smallest absolute Gasteiger partial charge is 0.233 e. The van der Waals surface area contributed by atoms with E-state index in [2.05, 4.69) is 10.1 Å².